The third-order valence-electron chi connectivity index (χ3n) is 4.55. The van der Waals surface area contributed by atoms with Crippen molar-refractivity contribution in [1.29, 1.82) is 0 Å². The molecule has 3 aromatic rings. The molecule has 0 aliphatic heterocycles. The normalized spacial score (nSPS) is 10.8. The first kappa shape index (κ1) is 23.1. The minimum atomic E-state index is -0.341. The Morgan fingerprint density at radius 1 is 1.10 bits per heavy atom. The van der Waals surface area contributed by atoms with E-state index in [1.54, 1.807) is 4.90 Å². The summed E-state index contributed by atoms with van der Waals surface area (Å²) in [6, 6.07) is 9.75. The van der Waals surface area contributed by atoms with E-state index < -0.39 is 0 Å². The predicted octanol–water partition coefficient (Wildman–Crippen LogP) is 4.45. The van der Waals surface area contributed by atoms with Crippen molar-refractivity contribution in [2.24, 2.45) is 0 Å². The van der Waals surface area contributed by atoms with Crippen LogP contribution in [0.2, 0.25) is 0 Å². The van der Waals surface area contributed by atoms with E-state index in [9.17, 15) is 9.18 Å². The van der Waals surface area contributed by atoms with E-state index in [-0.39, 0.29) is 30.7 Å². The summed E-state index contributed by atoms with van der Waals surface area (Å²) in [5.41, 5.74) is 3.24. The van der Waals surface area contributed by atoms with Gasteiger partial charge in [-0.3, -0.25) is 9.69 Å². The van der Waals surface area contributed by atoms with Crippen molar-refractivity contribution in [1.82, 2.24) is 9.88 Å². The van der Waals surface area contributed by atoms with Gasteiger partial charge >= 0.3 is 0 Å². The van der Waals surface area contributed by atoms with Crippen LogP contribution in [0.1, 0.15) is 11.1 Å². The Kier molecular flexibility index (Phi) is 7.96. The number of carbonyl (C=O) groups is 1. The van der Waals surface area contributed by atoms with Gasteiger partial charge in [0.2, 0.25) is 0 Å². The van der Waals surface area contributed by atoms with Crippen LogP contribution in [0.5, 0.6) is 5.75 Å². The van der Waals surface area contributed by atoms with Gasteiger partial charge in [-0.25, -0.2) is 9.37 Å². The lowest BCUT2D eigenvalue weighted by Gasteiger charge is -2.22. The highest BCUT2D eigenvalue weighted by molar-refractivity contribution is 7.22. The molecule has 0 spiro atoms. The van der Waals surface area contributed by atoms with Crippen LogP contribution in [-0.2, 0) is 4.79 Å². The number of rotatable bonds is 7. The van der Waals surface area contributed by atoms with E-state index in [1.165, 1.54) is 41.2 Å². The van der Waals surface area contributed by atoms with Gasteiger partial charge < -0.3 is 9.64 Å². The van der Waals surface area contributed by atoms with Gasteiger partial charge in [-0.1, -0.05) is 17.4 Å². The molecule has 5 nitrogen and oxygen atoms in total. The number of thiazole rings is 1. The number of anilines is 1. The van der Waals surface area contributed by atoms with Crippen LogP contribution >= 0.6 is 23.7 Å². The smallest absolute Gasteiger partial charge is 0.266 e. The molecule has 0 radical (unpaired) electrons. The molecule has 1 heterocycles. The average Bonchev–Trinajstić information content (AvgIpc) is 3.09. The molecule has 0 bridgehead atoms. The Balaban J connectivity index is 0.00000300. The molecule has 0 saturated carbocycles. The Morgan fingerprint density at radius 2 is 1.79 bits per heavy atom. The number of aryl methyl sites for hydroxylation is 2. The largest absolute Gasteiger partial charge is 0.484 e. The summed E-state index contributed by atoms with van der Waals surface area (Å²) < 4.78 is 19.6. The van der Waals surface area contributed by atoms with Crippen LogP contribution in [0.25, 0.3) is 10.2 Å². The first-order valence-corrected chi connectivity index (χ1v) is 9.87. The second-order valence-corrected chi connectivity index (χ2v) is 7.95. The quantitative estimate of drug-likeness (QED) is 0.548. The molecule has 29 heavy (non-hydrogen) atoms. The van der Waals surface area contributed by atoms with E-state index in [0.29, 0.717) is 24.0 Å². The summed E-state index contributed by atoms with van der Waals surface area (Å²) in [4.78, 5) is 21.3. The number of amides is 1. The molecule has 0 saturated heterocycles. The number of halogens is 2. The van der Waals surface area contributed by atoms with Crippen LogP contribution in [0.15, 0.2) is 36.4 Å². The van der Waals surface area contributed by atoms with Crippen molar-refractivity contribution < 1.29 is 13.9 Å². The number of hydrogen-bond acceptors (Lipinski definition) is 5. The Morgan fingerprint density at radius 3 is 2.45 bits per heavy atom. The minimum Gasteiger partial charge on any atom is -0.484 e. The summed E-state index contributed by atoms with van der Waals surface area (Å²) in [5.74, 6) is -0.0656. The minimum absolute atomic E-state index is 0. The fraction of sp³-hybridized carbons (Fsp3) is 0.333. The van der Waals surface area contributed by atoms with Crippen LogP contribution in [0.3, 0.4) is 0 Å². The molecule has 0 aliphatic carbocycles. The van der Waals surface area contributed by atoms with Gasteiger partial charge in [0.05, 0.1) is 10.2 Å². The van der Waals surface area contributed by atoms with Crippen molar-refractivity contribution in [3.8, 4) is 5.75 Å². The number of carbonyl (C=O) groups excluding carboxylic acids is 1. The van der Waals surface area contributed by atoms with Crippen LogP contribution in [0.4, 0.5) is 9.52 Å². The fourth-order valence-electron chi connectivity index (χ4n) is 2.71. The van der Waals surface area contributed by atoms with E-state index in [4.69, 9.17) is 9.72 Å². The zero-order valence-electron chi connectivity index (χ0n) is 16.9. The zero-order valence-corrected chi connectivity index (χ0v) is 18.6. The lowest BCUT2D eigenvalue weighted by Crippen LogP contribution is -2.39. The van der Waals surface area contributed by atoms with Crippen molar-refractivity contribution in [3.63, 3.8) is 0 Å². The molecule has 0 N–H and O–H groups in total. The number of likely N-dealkylation sites (N-methyl/N-ethyl adjacent to an activating group) is 1. The summed E-state index contributed by atoms with van der Waals surface area (Å²) in [5, 5.41) is 0.665. The number of fused-ring (bicyclic) bond motifs is 1. The molecule has 0 atom stereocenters. The van der Waals surface area contributed by atoms with Gasteiger partial charge in [0, 0.05) is 13.1 Å². The van der Waals surface area contributed by atoms with E-state index in [2.05, 4.69) is 13.0 Å². The molecule has 0 fully saturated rings. The third kappa shape index (κ3) is 5.65. The maximum Gasteiger partial charge on any atom is 0.266 e. The highest BCUT2D eigenvalue weighted by Crippen LogP contribution is 2.32. The van der Waals surface area contributed by atoms with Gasteiger partial charge in [0.15, 0.2) is 11.7 Å². The number of benzene rings is 2. The summed E-state index contributed by atoms with van der Waals surface area (Å²) in [7, 11) is 3.92. The second kappa shape index (κ2) is 10.0. The van der Waals surface area contributed by atoms with Gasteiger partial charge in [0.25, 0.3) is 5.91 Å². The summed E-state index contributed by atoms with van der Waals surface area (Å²) in [6.45, 7) is 5.18. The van der Waals surface area contributed by atoms with E-state index >= 15 is 0 Å². The van der Waals surface area contributed by atoms with Crippen molar-refractivity contribution in [2.75, 3.05) is 38.7 Å². The topological polar surface area (TPSA) is 45.7 Å². The predicted molar refractivity (Wildman–Crippen MR) is 119 cm³/mol. The van der Waals surface area contributed by atoms with Gasteiger partial charge in [-0.05, 0) is 69.4 Å². The maximum atomic E-state index is 13.0. The number of hydrogen-bond donors (Lipinski definition) is 0. The summed E-state index contributed by atoms with van der Waals surface area (Å²) >= 11 is 1.50. The first-order valence-electron chi connectivity index (χ1n) is 9.05. The Hall–Kier alpha value is -2.22. The molecule has 1 amide bonds. The number of nitrogens with zero attached hydrogens (tertiary/aromatic N) is 3. The van der Waals surface area contributed by atoms with Crippen molar-refractivity contribution in [2.45, 2.75) is 13.8 Å². The molecule has 3 rings (SSSR count). The van der Waals surface area contributed by atoms with Gasteiger partial charge in [0.1, 0.15) is 11.6 Å². The highest BCUT2D eigenvalue weighted by Gasteiger charge is 2.21. The van der Waals surface area contributed by atoms with Crippen LogP contribution < -0.4 is 9.64 Å². The molecule has 1 aromatic heterocycles. The third-order valence-corrected chi connectivity index (χ3v) is 5.60. The average molecular weight is 438 g/mol. The standard InChI is InChI=1S/C21H24FN3O2S.ClH/c1-14-5-10-18-20(15(14)2)23-21(28-18)25(12-11-24(3)4)19(26)13-27-17-8-6-16(22)7-9-17;/h5-10H,11-13H2,1-4H3;1H. The molecular weight excluding hydrogens is 413 g/mol. The van der Waals surface area contributed by atoms with Gasteiger partial charge in [-0.15, -0.1) is 12.4 Å². The first-order chi connectivity index (χ1) is 13.3. The maximum absolute atomic E-state index is 13.0. The zero-order chi connectivity index (χ0) is 20.3. The second-order valence-electron chi connectivity index (χ2n) is 6.94. The van der Waals surface area contributed by atoms with Crippen LogP contribution in [0, 0.1) is 19.7 Å². The monoisotopic (exact) mass is 437 g/mol. The number of aromatic nitrogens is 1. The Labute approximate surface area is 180 Å². The SMILES string of the molecule is Cc1ccc2sc(N(CCN(C)C)C(=O)COc3ccc(F)cc3)nc2c1C.Cl. The molecule has 0 aliphatic rings. The fourth-order valence-corrected chi connectivity index (χ4v) is 3.78. The number of ether oxygens (including phenoxy) is 1. The molecular formula is C21H25ClFN3O2S. The van der Waals surface area contributed by atoms with Crippen molar-refractivity contribution >= 4 is 45.0 Å². The molecule has 156 valence electrons. The van der Waals surface area contributed by atoms with E-state index in [0.717, 1.165) is 15.8 Å². The van der Waals surface area contributed by atoms with Crippen molar-refractivity contribution in [3.05, 3.63) is 53.3 Å². The molecule has 2 aromatic carbocycles. The van der Waals surface area contributed by atoms with Crippen LogP contribution in [-0.4, -0.2) is 49.6 Å². The van der Waals surface area contributed by atoms with Gasteiger partial charge in [-0.2, -0.15) is 0 Å². The lowest BCUT2D eigenvalue weighted by atomic mass is 10.1. The highest BCUT2D eigenvalue weighted by atomic mass is 35.5. The summed E-state index contributed by atoms with van der Waals surface area (Å²) in [6.07, 6.45) is 0. The van der Waals surface area contributed by atoms with E-state index in [1.807, 2.05) is 32.0 Å². The lowest BCUT2D eigenvalue weighted by molar-refractivity contribution is -0.120. The Bertz CT molecular complexity index is 976. The molecule has 0 unspecified atom stereocenters. The molecule has 8 heteroatoms.